The van der Waals surface area contributed by atoms with Crippen LogP contribution in [0, 0.1) is 0 Å². The zero-order valence-electron chi connectivity index (χ0n) is 12.1. The molecule has 0 saturated carbocycles. The first kappa shape index (κ1) is 15.9. The monoisotopic (exact) mass is 314 g/mol. The van der Waals surface area contributed by atoms with Crippen molar-refractivity contribution in [1.29, 1.82) is 0 Å². The maximum atomic E-state index is 11.2. The van der Waals surface area contributed by atoms with E-state index in [0.717, 1.165) is 5.56 Å². The molecule has 3 N–H and O–H groups in total. The van der Waals surface area contributed by atoms with Crippen molar-refractivity contribution in [2.75, 3.05) is 27.3 Å². The number of hydrogen-bond acceptors (Lipinski definition) is 5. The molecule has 0 aromatic heterocycles. The molecule has 1 saturated heterocycles. The topological polar surface area (TPSA) is 85.0 Å². The summed E-state index contributed by atoms with van der Waals surface area (Å²) in [5.74, 6) is 0.184. The second kappa shape index (κ2) is 6.09. The van der Waals surface area contributed by atoms with Crippen molar-refractivity contribution in [2.24, 2.45) is 5.73 Å². The van der Waals surface area contributed by atoms with Crippen LogP contribution in [0.15, 0.2) is 12.1 Å². The lowest BCUT2D eigenvalue weighted by molar-refractivity contribution is -0.142. The van der Waals surface area contributed by atoms with E-state index in [1.165, 1.54) is 0 Å². The summed E-state index contributed by atoms with van der Waals surface area (Å²) < 4.78 is 10.6. The first-order valence-electron chi connectivity index (χ1n) is 6.54. The van der Waals surface area contributed by atoms with Crippen LogP contribution in [0.3, 0.4) is 0 Å². The van der Waals surface area contributed by atoms with Gasteiger partial charge in [-0.2, -0.15) is 0 Å². The molecule has 6 nitrogen and oxygen atoms in total. The lowest BCUT2D eigenvalue weighted by Crippen LogP contribution is -2.50. The standard InChI is InChI=1S/C14H19ClN2O4/c1-20-11-6-10(15)5-9(12(11)21-2)7-17-4-3-14(16,8-17)13(18)19/h5-6H,3-4,7-8,16H2,1-2H3,(H,18,19)/t14-/m0/s1. The average Bonchev–Trinajstić information content (AvgIpc) is 2.81. The van der Waals surface area contributed by atoms with Crippen LogP contribution in [-0.2, 0) is 11.3 Å². The number of halogens is 1. The van der Waals surface area contributed by atoms with Gasteiger partial charge in [-0.3, -0.25) is 9.69 Å². The Balaban J connectivity index is 2.21. The number of ether oxygens (including phenoxy) is 2. The van der Waals surface area contributed by atoms with Crippen LogP contribution in [0.4, 0.5) is 0 Å². The van der Waals surface area contributed by atoms with Gasteiger partial charge in [-0.1, -0.05) is 11.6 Å². The van der Waals surface area contributed by atoms with E-state index >= 15 is 0 Å². The van der Waals surface area contributed by atoms with E-state index in [-0.39, 0.29) is 0 Å². The molecule has 0 unspecified atom stereocenters. The van der Waals surface area contributed by atoms with Crippen molar-refractivity contribution in [2.45, 2.75) is 18.5 Å². The molecule has 1 aromatic rings. The summed E-state index contributed by atoms with van der Waals surface area (Å²) in [5, 5.41) is 9.71. The van der Waals surface area contributed by atoms with Gasteiger partial charge in [0.2, 0.25) is 0 Å². The molecule has 2 rings (SSSR count). The summed E-state index contributed by atoms with van der Waals surface area (Å²) in [6.07, 6.45) is 0.419. The quantitative estimate of drug-likeness (QED) is 0.853. The van der Waals surface area contributed by atoms with E-state index < -0.39 is 11.5 Å². The fourth-order valence-electron chi connectivity index (χ4n) is 2.59. The summed E-state index contributed by atoms with van der Waals surface area (Å²) in [5.41, 5.74) is 5.54. The van der Waals surface area contributed by atoms with E-state index in [0.29, 0.717) is 42.6 Å². The number of methoxy groups -OCH3 is 2. The Hall–Kier alpha value is -1.50. The molecule has 1 heterocycles. The van der Waals surface area contributed by atoms with Crippen LogP contribution >= 0.6 is 11.6 Å². The summed E-state index contributed by atoms with van der Waals surface area (Å²) in [6, 6.07) is 3.47. The van der Waals surface area contributed by atoms with Gasteiger partial charge >= 0.3 is 5.97 Å². The number of hydrogen-bond donors (Lipinski definition) is 2. The highest BCUT2D eigenvalue weighted by Gasteiger charge is 2.41. The number of aliphatic carboxylic acids is 1. The van der Waals surface area contributed by atoms with Crippen LogP contribution in [0.1, 0.15) is 12.0 Å². The molecule has 21 heavy (non-hydrogen) atoms. The molecule has 116 valence electrons. The largest absolute Gasteiger partial charge is 0.493 e. The average molecular weight is 315 g/mol. The fraction of sp³-hybridized carbons (Fsp3) is 0.500. The van der Waals surface area contributed by atoms with Crippen LogP contribution in [0.5, 0.6) is 11.5 Å². The number of carbonyl (C=O) groups is 1. The lowest BCUT2D eigenvalue weighted by atomic mass is 10.0. The number of nitrogens with zero attached hydrogens (tertiary/aromatic N) is 1. The zero-order chi connectivity index (χ0) is 15.6. The van der Waals surface area contributed by atoms with E-state index in [1.807, 2.05) is 4.90 Å². The zero-order valence-corrected chi connectivity index (χ0v) is 12.8. The summed E-state index contributed by atoms with van der Waals surface area (Å²) in [7, 11) is 3.10. The Morgan fingerprint density at radius 2 is 2.19 bits per heavy atom. The molecule has 7 heteroatoms. The predicted molar refractivity (Wildman–Crippen MR) is 79.0 cm³/mol. The Morgan fingerprint density at radius 3 is 2.71 bits per heavy atom. The van der Waals surface area contributed by atoms with Gasteiger partial charge in [0.05, 0.1) is 14.2 Å². The Morgan fingerprint density at radius 1 is 1.48 bits per heavy atom. The minimum Gasteiger partial charge on any atom is -0.493 e. The molecule has 1 fully saturated rings. The first-order valence-corrected chi connectivity index (χ1v) is 6.92. The molecule has 0 spiro atoms. The number of benzene rings is 1. The highest BCUT2D eigenvalue weighted by atomic mass is 35.5. The van der Waals surface area contributed by atoms with Gasteiger partial charge in [0, 0.05) is 36.3 Å². The summed E-state index contributed by atoms with van der Waals surface area (Å²) >= 11 is 6.08. The molecular formula is C14H19ClN2O4. The maximum absolute atomic E-state index is 11.2. The number of likely N-dealkylation sites (tertiary alicyclic amines) is 1. The molecule has 1 aliphatic heterocycles. The molecule has 0 radical (unpaired) electrons. The predicted octanol–water partition coefficient (Wildman–Crippen LogP) is 1.34. The van der Waals surface area contributed by atoms with Crippen LogP contribution in [-0.4, -0.2) is 48.8 Å². The molecule has 0 bridgehead atoms. The Labute approximate surface area is 128 Å². The third-order valence-electron chi connectivity index (χ3n) is 3.72. The number of rotatable bonds is 5. The van der Waals surface area contributed by atoms with Crippen molar-refractivity contribution in [3.05, 3.63) is 22.7 Å². The van der Waals surface area contributed by atoms with Crippen molar-refractivity contribution < 1.29 is 19.4 Å². The van der Waals surface area contributed by atoms with Crippen molar-refractivity contribution >= 4 is 17.6 Å². The molecule has 1 atom stereocenters. The molecule has 0 aliphatic carbocycles. The van der Waals surface area contributed by atoms with Crippen LogP contribution in [0.2, 0.25) is 5.02 Å². The highest BCUT2D eigenvalue weighted by molar-refractivity contribution is 6.30. The minimum absolute atomic E-state index is 0.292. The minimum atomic E-state index is -1.18. The van der Waals surface area contributed by atoms with Crippen molar-refractivity contribution in [3.8, 4) is 11.5 Å². The van der Waals surface area contributed by atoms with E-state index in [2.05, 4.69) is 0 Å². The van der Waals surface area contributed by atoms with Crippen LogP contribution < -0.4 is 15.2 Å². The summed E-state index contributed by atoms with van der Waals surface area (Å²) in [6.45, 7) is 1.41. The van der Waals surface area contributed by atoms with Crippen molar-refractivity contribution in [1.82, 2.24) is 4.90 Å². The number of carboxylic acids is 1. The van der Waals surface area contributed by atoms with E-state index in [4.69, 9.17) is 31.9 Å². The van der Waals surface area contributed by atoms with Gasteiger partial charge in [-0.05, 0) is 12.5 Å². The fourth-order valence-corrected chi connectivity index (χ4v) is 2.82. The maximum Gasteiger partial charge on any atom is 0.325 e. The third-order valence-corrected chi connectivity index (χ3v) is 3.94. The Kier molecular flexibility index (Phi) is 4.61. The van der Waals surface area contributed by atoms with Gasteiger partial charge in [-0.25, -0.2) is 0 Å². The highest BCUT2D eigenvalue weighted by Crippen LogP contribution is 2.36. The second-order valence-corrected chi connectivity index (χ2v) is 5.66. The third kappa shape index (κ3) is 3.23. The van der Waals surface area contributed by atoms with Crippen LogP contribution in [0.25, 0.3) is 0 Å². The first-order chi connectivity index (χ1) is 9.89. The lowest BCUT2D eigenvalue weighted by Gasteiger charge is -2.21. The van der Waals surface area contributed by atoms with Gasteiger partial charge < -0.3 is 20.3 Å². The molecule has 1 aromatic carbocycles. The smallest absolute Gasteiger partial charge is 0.325 e. The van der Waals surface area contributed by atoms with E-state index in [1.54, 1.807) is 26.4 Å². The normalized spacial score (nSPS) is 22.3. The molecule has 0 amide bonds. The second-order valence-electron chi connectivity index (χ2n) is 5.22. The molecular weight excluding hydrogens is 296 g/mol. The van der Waals surface area contributed by atoms with Gasteiger partial charge in [0.25, 0.3) is 0 Å². The summed E-state index contributed by atoms with van der Waals surface area (Å²) in [4.78, 5) is 13.2. The van der Waals surface area contributed by atoms with Crippen molar-refractivity contribution in [3.63, 3.8) is 0 Å². The van der Waals surface area contributed by atoms with Gasteiger partial charge in [-0.15, -0.1) is 0 Å². The van der Waals surface area contributed by atoms with Gasteiger partial charge in [0.1, 0.15) is 5.54 Å². The Bertz CT molecular complexity index is 552. The SMILES string of the molecule is COc1cc(Cl)cc(CN2CC[C@@](N)(C(=O)O)C2)c1OC. The number of nitrogens with two attached hydrogens (primary N) is 1. The van der Waals surface area contributed by atoms with E-state index in [9.17, 15) is 4.79 Å². The molecule has 1 aliphatic rings. The number of carboxylic acid groups (broad SMARTS) is 1. The van der Waals surface area contributed by atoms with Gasteiger partial charge in [0.15, 0.2) is 11.5 Å².